The Balaban J connectivity index is 1.84. The molecular formula is C17H21F3N4O4S. The molecule has 0 N–H and O–H groups in total. The lowest BCUT2D eigenvalue weighted by Gasteiger charge is -2.27. The van der Waals surface area contributed by atoms with Crippen LogP contribution < -0.4 is 0 Å². The van der Waals surface area contributed by atoms with Crippen LogP contribution >= 0.6 is 0 Å². The van der Waals surface area contributed by atoms with Crippen LogP contribution in [0, 0.1) is 0 Å². The second-order valence-corrected chi connectivity index (χ2v) is 8.93. The number of unbranched alkanes of at least 4 members (excludes halogenated alkanes) is 1. The molecule has 0 aliphatic carbocycles. The highest BCUT2D eigenvalue weighted by atomic mass is 32.2. The van der Waals surface area contributed by atoms with Crippen LogP contribution in [-0.4, -0.2) is 66.6 Å². The molecule has 1 aliphatic heterocycles. The number of ether oxygens (including phenoxy) is 1. The topological polar surface area (TPSA) is 98.4 Å². The van der Waals surface area contributed by atoms with E-state index in [4.69, 9.17) is 9.26 Å². The Morgan fingerprint density at radius 1 is 1.28 bits per heavy atom. The van der Waals surface area contributed by atoms with Crippen molar-refractivity contribution in [1.29, 1.82) is 0 Å². The zero-order valence-electron chi connectivity index (χ0n) is 15.7. The summed E-state index contributed by atoms with van der Waals surface area (Å²) in [7, 11) is -2.35. The fourth-order valence-electron chi connectivity index (χ4n) is 3.24. The van der Waals surface area contributed by atoms with Gasteiger partial charge in [-0.05, 0) is 31.4 Å². The molecule has 0 radical (unpaired) electrons. The van der Waals surface area contributed by atoms with Crippen molar-refractivity contribution < 1.29 is 30.8 Å². The van der Waals surface area contributed by atoms with Gasteiger partial charge in [-0.3, -0.25) is 4.98 Å². The number of methoxy groups -OCH3 is 1. The predicted molar refractivity (Wildman–Crippen MR) is 96.3 cm³/mol. The fraction of sp³-hybridized carbons (Fsp3) is 0.588. The molecule has 1 unspecified atom stereocenters. The van der Waals surface area contributed by atoms with Crippen LogP contribution in [0.4, 0.5) is 13.2 Å². The summed E-state index contributed by atoms with van der Waals surface area (Å²) in [6, 6.07) is 3.08. The van der Waals surface area contributed by atoms with Gasteiger partial charge in [-0.15, -0.1) is 0 Å². The second-order valence-electron chi connectivity index (χ2n) is 6.84. The Labute approximate surface area is 166 Å². The highest BCUT2D eigenvalue weighted by Gasteiger charge is 2.64. The van der Waals surface area contributed by atoms with Gasteiger partial charge in [0.2, 0.25) is 21.7 Å². The largest absolute Gasteiger partial charge is 0.404 e. The summed E-state index contributed by atoms with van der Waals surface area (Å²) in [5, 5.41) is 3.65. The average Bonchev–Trinajstić information content (AvgIpc) is 3.34. The second kappa shape index (κ2) is 8.36. The summed E-state index contributed by atoms with van der Waals surface area (Å²) in [4.78, 5) is 7.77. The molecule has 0 spiro atoms. The monoisotopic (exact) mass is 434 g/mol. The first kappa shape index (κ1) is 21.7. The summed E-state index contributed by atoms with van der Waals surface area (Å²) < 4.78 is 77.9. The summed E-state index contributed by atoms with van der Waals surface area (Å²) >= 11 is 0. The lowest BCUT2D eigenvalue weighted by Crippen LogP contribution is -2.46. The first-order valence-electron chi connectivity index (χ1n) is 8.98. The summed E-state index contributed by atoms with van der Waals surface area (Å²) in [6.07, 6.45) is -1.51. The van der Waals surface area contributed by atoms with Crippen molar-refractivity contribution in [3.8, 4) is 11.4 Å². The van der Waals surface area contributed by atoms with Gasteiger partial charge < -0.3 is 9.26 Å². The van der Waals surface area contributed by atoms with E-state index in [1.54, 1.807) is 12.1 Å². The maximum atomic E-state index is 14.1. The molecule has 1 fully saturated rings. The molecule has 2 aromatic heterocycles. The maximum absolute atomic E-state index is 14.1. The van der Waals surface area contributed by atoms with Gasteiger partial charge in [-0.1, -0.05) is 5.16 Å². The molecule has 1 atom stereocenters. The Kier molecular flexibility index (Phi) is 6.24. The molecule has 0 bridgehead atoms. The number of rotatable bonds is 8. The zero-order chi connectivity index (χ0) is 21.1. The molecular weight excluding hydrogens is 413 g/mol. The van der Waals surface area contributed by atoms with Crippen molar-refractivity contribution in [2.24, 2.45) is 0 Å². The van der Waals surface area contributed by atoms with Gasteiger partial charge in [0.05, 0.1) is 5.75 Å². The van der Waals surface area contributed by atoms with Crippen molar-refractivity contribution in [2.75, 3.05) is 32.6 Å². The van der Waals surface area contributed by atoms with Gasteiger partial charge in [0.1, 0.15) is 0 Å². The van der Waals surface area contributed by atoms with Crippen molar-refractivity contribution in [3.63, 3.8) is 0 Å². The number of sulfonamides is 1. The van der Waals surface area contributed by atoms with Gasteiger partial charge in [0.15, 0.2) is 5.41 Å². The number of nitrogens with zero attached hydrogens (tertiary/aromatic N) is 4. The summed E-state index contributed by atoms with van der Waals surface area (Å²) in [5.41, 5.74) is -2.09. The molecule has 1 saturated heterocycles. The molecule has 12 heteroatoms. The number of halogens is 3. The zero-order valence-corrected chi connectivity index (χ0v) is 16.5. The molecule has 3 rings (SSSR count). The van der Waals surface area contributed by atoms with Crippen LogP contribution in [0.15, 0.2) is 29.0 Å². The molecule has 29 heavy (non-hydrogen) atoms. The van der Waals surface area contributed by atoms with Gasteiger partial charge >= 0.3 is 6.18 Å². The smallest absolute Gasteiger partial charge is 0.385 e. The van der Waals surface area contributed by atoms with Crippen LogP contribution in [0.1, 0.15) is 25.2 Å². The summed E-state index contributed by atoms with van der Waals surface area (Å²) in [6.45, 7) is -0.651. The van der Waals surface area contributed by atoms with E-state index in [0.29, 0.717) is 25.0 Å². The summed E-state index contributed by atoms with van der Waals surface area (Å²) in [5.74, 6) is -0.878. The molecule has 160 valence electrons. The normalized spacial score (nSPS) is 21.0. The van der Waals surface area contributed by atoms with Crippen molar-refractivity contribution in [2.45, 2.75) is 30.9 Å². The Morgan fingerprint density at radius 2 is 2.00 bits per heavy atom. The molecule has 2 aromatic rings. The first-order valence-corrected chi connectivity index (χ1v) is 10.6. The standard InChI is InChI=1S/C17H21F3N4O4S/c1-27-10-2-3-11-29(25,26)24-9-6-16(12-24,17(18,19)20)15-22-14(23-28-15)13-4-7-21-8-5-13/h4-5,7-8H,2-3,6,9-12H2,1H3. The van der Waals surface area contributed by atoms with E-state index >= 15 is 0 Å². The molecule has 0 saturated carbocycles. The van der Waals surface area contributed by atoms with Crippen molar-refractivity contribution in [1.82, 2.24) is 19.4 Å². The van der Waals surface area contributed by atoms with Crippen LogP contribution in [0.3, 0.4) is 0 Å². The van der Waals surface area contributed by atoms with Crippen LogP contribution in [0.5, 0.6) is 0 Å². The lowest BCUT2D eigenvalue weighted by atomic mass is 9.86. The van der Waals surface area contributed by atoms with Gasteiger partial charge in [0, 0.05) is 44.8 Å². The lowest BCUT2D eigenvalue weighted by molar-refractivity contribution is -0.192. The third kappa shape index (κ3) is 4.43. The highest BCUT2D eigenvalue weighted by Crippen LogP contribution is 2.48. The number of hydrogen-bond acceptors (Lipinski definition) is 7. The van der Waals surface area contributed by atoms with Gasteiger partial charge in [0.25, 0.3) is 0 Å². The van der Waals surface area contributed by atoms with Crippen molar-refractivity contribution in [3.05, 3.63) is 30.4 Å². The Morgan fingerprint density at radius 3 is 2.66 bits per heavy atom. The number of pyridine rings is 1. The number of alkyl halides is 3. The number of aromatic nitrogens is 3. The van der Waals surface area contributed by atoms with E-state index in [-0.39, 0.29) is 18.1 Å². The van der Waals surface area contributed by atoms with Crippen LogP contribution in [0.2, 0.25) is 0 Å². The third-order valence-electron chi connectivity index (χ3n) is 4.94. The Bertz CT molecular complexity index is 920. The Hall–Kier alpha value is -2.05. The van der Waals surface area contributed by atoms with Crippen LogP contribution in [-0.2, 0) is 20.2 Å². The van der Waals surface area contributed by atoms with E-state index in [0.717, 1.165) is 4.31 Å². The van der Waals surface area contributed by atoms with Gasteiger partial charge in [-0.25, -0.2) is 12.7 Å². The van der Waals surface area contributed by atoms with E-state index < -0.39 is 40.5 Å². The van der Waals surface area contributed by atoms with Crippen LogP contribution in [0.25, 0.3) is 11.4 Å². The molecule has 3 heterocycles. The van der Waals surface area contributed by atoms with E-state index in [2.05, 4.69) is 15.1 Å². The minimum Gasteiger partial charge on any atom is -0.385 e. The van der Waals surface area contributed by atoms with E-state index in [1.165, 1.54) is 19.5 Å². The highest BCUT2D eigenvalue weighted by molar-refractivity contribution is 7.89. The van der Waals surface area contributed by atoms with E-state index in [1.807, 2.05) is 0 Å². The van der Waals surface area contributed by atoms with Crippen molar-refractivity contribution >= 4 is 10.0 Å². The maximum Gasteiger partial charge on any atom is 0.404 e. The molecule has 0 aromatic carbocycles. The quantitative estimate of drug-likeness (QED) is 0.589. The first-order chi connectivity index (χ1) is 13.7. The molecule has 1 aliphatic rings. The SMILES string of the molecule is COCCCCS(=O)(=O)N1CCC(c2nc(-c3ccncc3)no2)(C(F)(F)F)C1. The minimum absolute atomic E-state index is 0.00750. The minimum atomic E-state index is -4.75. The molecule has 8 nitrogen and oxygen atoms in total. The van der Waals surface area contributed by atoms with E-state index in [9.17, 15) is 21.6 Å². The third-order valence-corrected chi connectivity index (χ3v) is 6.85. The molecule has 0 amide bonds. The van der Waals surface area contributed by atoms with Gasteiger partial charge in [-0.2, -0.15) is 18.2 Å². The predicted octanol–water partition coefficient (Wildman–Crippen LogP) is 2.39. The average molecular weight is 434 g/mol. The fourth-order valence-corrected chi connectivity index (χ4v) is 4.85. The number of hydrogen-bond donors (Lipinski definition) is 0.